The number of rotatable bonds is 4. The van der Waals surface area contributed by atoms with Gasteiger partial charge in [-0.25, -0.2) is 4.39 Å². The summed E-state index contributed by atoms with van der Waals surface area (Å²) >= 11 is 6.68. The third-order valence-electron chi connectivity index (χ3n) is 2.51. The first-order valence-electron chi connectivity index (χ1n) is 5.66. The molecule has 0 atom stereocenters. The monoisotopic (exact) mass is 387 g/mol. The Morgan fingerprint density at radius 3 is 2.58 bits per heavy atom. The van der Waals surface area contributed by atoms with Gasteiger partial charge in [-0.05, 0) is 42.9 Å². The summed E-state index contributed by atoms with van der Waals surface area (Å²) in [7, 11) is 1.88. The van der Waals surface area contributed by atoms with Gasteiger partial charge in [0.25, 0.3) is 0 Å². The Bertz CT molecular complexity index is 590. The highest BCUT2D eigenvalue weighted by atomic mass is 79.9. The summed E-state index contributed by atoms with van der Waals surface area (Å²) in [6, 6.07) is 10.3. The van der Waals surface area contributed by atoms with Crippen molar-refractivity contribution < 1.29 is 9.13 Å². The molecule has 0 bridgehead atoms. The van der Waals surface area contributed by atoms with Crippen molar-refractivity contribution in [3.63, 3.8) is 0 Å². The van der Waals surface area contributed by atoms with Gasteiger partial charge in [0.2, 0.25) is 0 Å². The van der Waals surface area contributed by atoms with E-state index in [4.69, 9.17) is 4.74 Å². The summed E-state index contributed by atoms with van der Waals surface area (Å²) in [4.78, 5) is 0. The molecule has 0 saturated heterocycles. The van der Waals surface area contributed by atoms with E-state index < -0.39 is 5.82 Å². The molecule has 0 aliphatic rings. The molecule has 5 heteroatoms. The zero-order valence-corrected chi connectivity index (χ0v) is 13.4. The minimum atomic E-state index is -0.398. The first-order chi connectivity index (χ1) is 9.10. The molecule has 0 saturated carbocycles. The molecule has 0 heterocycles. The topological polar surface area (TPSA) is 21.3 Å². The van der Waals surface area contributed by atoms with E-state index in [1.165, 1.54) is 6.07 Å². The van der Waals surface area contributed by atoms with Crippen molar-refractivity contribution in [2.75, 3.05) is 7.05 Å². The van der Waals surface area contributed by atoms with Gasteiger partial charge in [-0.15, -0.1) is 0 Å². The van der Waals surface area contributed by atoms with Gasteiger partial charge in [0.15, 0.2) is 11.6 Å². The summed E-state index contributed by atoms with van der Waals surface area (Å²) in [5, 5.41) is 3.07. The molecular formula is C14H12Br2FNO. The van der Waals surface area contributed by atoms with Crippen LogP contribution < -0.4 is 10.1 Å². The van der Waals surface area contributed by atoms with Crippen LogP contribution in [-0.2, 0) is 6.54 Å². The lowest BCUT2D eigenvalue weighted by atomic mass is 10.2. The van der Waals surface area contributed by atoms with Gasteiger partial charge >= 0.3 is 0 Å². The van der Waals surface area contributed by atoms with Crippen LogP contribution in [0.15, 0.2) is 45.3 Å². The van der Waals surface area contributed by atoms with Crippen LogP contribution in [0.4, 0.5) is 4.39 Å². The molecule has 0 amide bonds. The van der Waals surface area contributed by atoms with Gasteiger partial charge in [-0.3, -0.25) is 0 Å². The molecule has 2 nitrogen and oxygen atoms in total. The molecule has 2 rings (SSSR count). The fourth-order valence-electron chi connectivity index (χ4n) is 1.61. The number of hydrogen-bond acceptors (Lipinski definition) is 2. The molecule has 0 radical (unpaired) electrons. The number of hydrogen-bond donors (Lipinski definition) is 1. The molecular weight excluding hydrogens is 377 g/mol. The first kappa shape index (κ1) is 14.5. The maximum atomic E-state index is 13.7. The normalized spacial score (nSPS) is 10.5. The molecule has 2 aromatic carbocycles. The lowest BCUT2D eigenvalue weighted by molar-refractivity contribution is 0.441. The lowest BCUT2D eigenvalue weighted by Crippen LogP contribution is -2.05. The van der Waals surface area contributed by atoms with Crippen molar-refractivity contribution in [3.8, 4) is 11.5 Å². The third-order valence-corrected chi connectivity index (χ3v) is 3.74. The van der Waals surface area contributed by atoms with E-state index >= 15 is 0 Å². The Kier molecular flexibility index (Phi) is 4.96. The third kappa shape index (κ3) is 3.78. The van der Waals surface area contributed by atoms with E-state index in [1.807, 2.05) is 25.2 Å². The molecule has 0 spiro atoms. The van der Waals surface area contributed by atoms with E-state index in [0.717, 1.165) is 16.6 Å². The van der Waals surface area contributed by atoms with E-state index in [1.54, 1.807) is 12.1 Å². The van der Waals surface area contributed by atoms with Gasteiger partial charge in [-0.2, -0.15) is 0 Å². The van der Waals surface area contributed by atoms with Crippen molar-refractivity contribution in [3.05, 3.63) is 56.7 Å². The molecule has 100 valence electrons. The summed E-state index contributed by atoms with van der Waals surface area (Å²) in [5.74, 6) is 0.397. The summed E-state index contributed by atoms with van der Waals surface area (Å²) < 4.78 is 20.8. The SMILES string of the molecule is CNCc1ccc(Oc2ccc(Br)cc2F)cc1Br. The molecule has 1 N–H and O–H groups in total. The van der Waals surface area contributed by atoms with Crippen LogP contribution in [0.3, 0.4) is 0 Å². The largest absolute Gasteiger partial charge is 0.454 e. The highest BCUT2D eigenvalue weighted by Gasteiger charge is 2.07. The molecule has 19 heavy (non-hydrogen) atoms. The van der Waals surface area contributed by atoms with Crippen molar-refractivity contribution >= 4 is 31.9 Å². The second-order valence-corrected chi connectivity index (χ2v) is 5.73. The van der Waals surface area contributed by atoms with Gasteiger partial charge < -0.3 is 10.1 Å². The Morgan fingerprint density at radius 1 is 1.16 bits per heavy atom. The average molecular weight is 389 g/mol. The van der Waals surface area contributed by atoms with Crippen LogP contribution in [-0.4, -0.2) is 7.05 Å². The fourth-order valence-corrected chi connectivity index (χ4v) is 2.44. The predicted octanol–water partition coefficient (Wildman–Crippen LogP) is 4.86. The molecule has 0 aromatic heterocycles. The Hall–Kier alpha value is -0.910. The van der Waals surface area contributed by atoms with Crippen LogP contribution in [0.5, 0.6) is 11.5 Å². The van der Waals surface area contributed by atoms with E-state index in [9.17, 15) is 4.39 Å². The highest BCUT2D eigenvalue weighted by molar-refractivity contribution is 9.10. The quantitative estimate of drug-likeness (QED) is 0.807. The summed E-state index contributed by atoms with van der Waals surface area (Å²) in [6.07, 6.45) is 0. The van der Waals surface area contributed by atoms with E-state index in [-0.39, 0.29) is 5.75 Å². The maximum absolute atomic E-state index is 13.7. The Morgan fingerprint density at radius 2 is 1.95 bits per heavy atom. The molecule has 0 unspecified atom stereocenters. The van der Waals surface area contributed by atoms with Crippen molar-refractivity contribution in [2.45, 2.75) is 6.54 Å². The zero-order valence-electron chi connectivity index (χ0n) is 10.2. The minimum Gasteiger partial charge on any atom is -0.454 e. The number of benzene rings is 2. The van der Waals surface area contributed by atoms with Crippen molar-refractivity contribution in [1.29, 1.82) is 0 Å². The van der Waals surface area contributed by atoms with Crippen LogP contribution >= 0.6 is 31.9 Å². The summed E-state index contributed by atoms with van der Waals surface area (Å²) in [6.45, 7) is 0.757. The lowest BCUT2D eigenvalue weighted by Gasteiger charge is -2.09. The first-order valence-corrected chi connectivity index (χ1v) is 7.24. The van der Waals surface area contributed by atoms with Crippen molar-refractivity contribution in [2.24, 2.45) is 0 Å². The van der Waals surface area contributed by atoms with Gasteiger partial charge in [0.1, 0.15) is 5.75 Å². The average Bonchev–Trinajstić information content (AvgIpc) is 2.36. The predicted molar refractivity (Wildman–Crippen MR) is 81.1 cm³/mol. The number of halogens is 3. The standard InChI is InChI=1S/C14H12Br2FNO/c1-18-8-9-2-4-11(7-12(9)16)19-14-5-3-10(15)6-13(14)17/h2-7,18H,8H2,1H3. The molecule has 2 aromatic rings. The highest BCUT2D eigenvalue weighted by Crippen LogP contribution is 2.29. The zero-order chi connectivity index (χ0) is 13.8. The second-order valence-electron chi connectivity index (χ2n) is 3.96. The number of ether oxygens (including phenoxy) is 1. The fraction of sp³-hybridized carbons (Fsp3) is 0.143. The van der Waals surface area contributed by atoms with Crippen LogP contribution in [0.2, 0.25) is 0 Å². The maximum Gasteiger partial charge on any atom is 0.166 e. The molecule has 0 aliphatic heterocycles. The Balaban J connectivity index is 2.21. The molecule has 0 aliphatic carbocycles. The van der Waals surface area contributed by atoms with Gasteiger partial charge in [0, 0.05) is 15.5 Å². The smallest absolute Gasteiger partial charge is 0.166 e. The van der Waals surface area contributed by atoms with Crippen LogP contribution in [0.25, 0.3) is 0 Å². The van der Waals surface area contributed by atoms with Crippen molar-refractivity contribution in [1.82, 2.24) is 5.32 Å². The number of nitrogens with one attached hydrogen (secondary N) is 1. The minimum absolute atomic E-state index is 0.205. The van der Waals surface area contributed by atoms with E-state index in [0.29, 0.717) is 10.2 Å². The van der Waals surface area contributed by atoms with Gasteiger partial charge in [0.05, 0.1) is 0 Å². The molecule has 0 fully saturated rings. The summed E-state index contributed by atoms with van der Waals surface area (Å²) in [5.41, 5.74) is 1.12. The van der Waals surface area contributed by atoms with Gasteiger partial charge in [-0.1, -0.05) is 37.9 Å². The van der Waals surface area contributed by atoms with Crippen LogP contribution in [0.1, 0.15) is 5.56 Å². The van der Waals surface area contributed by atoms with Crippen LogP contribution in [0, 0.1) is 5.82 Å². The second kappa shape index (κ2) is 6.50. The Labute approximate surface area is 128 Å². The van der Waals surface area contributed by atoms with E-state index in [2.05, 4.69) is 37.2 Å².